The van der Waals surface area contributed by atoms with Crippen LogP contribution in [0.5, 0.6) is 0 Å². The molecule has 5 rings (SSSR count). The lowest BCUT2D eigenvalue weighted by Gasteiger charge is -2.45. The first-order valence-electron chi connectivity index (χ1n) is 12.9. The second-order valence-corrected chi connectivity index (χ2v) is 9.85. The molecule has 0 bridgehead atoms. The van der Waals surface area contributed by atoms with E-state index in [9.17, 15) is 9.59 Å². The van der Waals surface area contributed by atoms with Gasteiger partial charge in [0, 0.05) is 25.8 Å². The molecule has 2 N–H and O–H groups in total. The molecule has 0 radical (unpaired) electrons. The molecule has 2 aliphatic heterocycles. The van der Waals surface area contributed by atoms with E-state index < -0.39 is 0 Å². The molecule has 192 valence electrons. The van der Waals surface area contributed by atoms with Gasteiger partial charge in [0.05, 0.1) is 17.8 Å². The highest BCUT2D eigenvalue weighted by Gasteiger charge is 2.39. The first-order chi connectivity index (χ1) is 17.4. The Hall–Kier alpha value is -3.47. The summed E-state index contributed by atoms with van der Waals surface area (Å²) in [6.07, 6.45) is 9.52. The molecule has 2 aromatic rings. The first-order valence-corrected chi connectivity index (χ1v) is 12.9. The van der Waals surface area contributed by atoms with Crippen LogP contribution in [-0.4, -0.2) is 82.6 Å². The molecule has 0 aromatic carbocycles. The molecule has 0 unspecified atom stereocenters. The van der Waals surface area contributed by atoms with Gasteiger partial charge < -0.3 is 15.5 Å². The molecule has 11 nitrogen and oxygen atoms in total. The number of rotatable bonds is 6. The van der Waals surface area contributed by atoms with Crippen molar-refractivity contribution in [2.24, 2.45) is 0 Å². The van der Waals surface area contributed by atoms with Gasteiger partial charge in [-0.25, -0.2) is 19.8 Å². The summed E-state index contributed by atoms with van der Waals surface area (Å²) in [5.41, 5.74) is 1.22. The van der Waals surface area contributed by atoms with Crippen molar-refractivity contribution in [1.82, 2.24) is 30.2 Å². The average molecular weight is 494 g/mol. The lowest BCUT2D eigenvalue weighted by atomic mass is 10.1. The number of carbonyl (C=O) groups is 2. The van der Waals surface area contributed by atoms with E-state index in [1.54, 1.807) is 41.5 Å². The minimum atomic E-state index is -0.104. The fourth-order valence-electron chi connectivity index (χ4n) is 5.26. The van der Waals surface area contributed by atoms with Crippen LogP contribution in [0.4, 0.5) is 28.1 Å². The smallest absolute Gasteiger partial charge is 0.343 e. The van der Waals surface area contributed by atoms with E-state index >= 15 is 0 Å². The molecule has 3 aliphatic rings. The topological polar surface area (TPSA) is 110 Å². The summed E-state index contributed by atoms with van der Waals surface area (Å²) in [5.74, 6) is 1.56. The quantitative estimate of drug-likeness (QED) is 0.632. The summed E-state index contributed by atoms with van der Waals surface area (Å²) in [7, 11) is 3.85. The third-order valence-electron chi connectivity index (χ3n) is 7.39. The van der Waals surface area contributed by atoms with Crippen LogP contribution in [0.1, 0.15) is 55.8 Å². The molecular weight excluding hydrogens is 458 g/mol. The summed E-state index contributed by atoms with van der Waals surface area (Å²) in [4.78, 5) is 43.2. The van der Waals surface area contributed by atoms with E-state index in [0.29, 0.717) is 29.6 Å². The van der Waals surface area contributed by atoms with Crippen LogP contribution in [0.2, 0.25) is 0 Å². The van der Waals surface area contributed by atoms with Gasteiger partial charge in [0.15, 0.2) is 5.82 Å². The number of carbonyl (C=O) groups excluding carboxylic acids is 2. The summed E-state index contributed by atoms with van der Waals surface area (Å²) < 4.78 is 0. The van der Waals surface area contributed by atoms with Crippen LogP contribution < -0.4 is 20.5 Å². The van der Waals surface area contributed by atoms with E-state index in [1.165, 1.54) is 0 Å². The molecule has 3 amide bonds. The molecule has 1 saturated carbocycles. The highest BCUT2D eigenvalue weighted by molar-refractivity contribution is 5.98. The Labute approximate surface area is 211 Å². The lowest BCUT2D eigenvalue weighted by molar-refractivity contribution is 0.0916. The van der Waals surface area contributed by atoms with E-state index in [0.717, 1.165) is 57.4 Å². The van der Waals surface area contributed by atoms with Crippen molar-refractivity contribution in [1.29, 1.82) is 0 Å². The minimum absolute atomic E-state index is 0.0722. The van der Waals surface area contributed by atoms with Gasteiger partial charge in [-0.2, -0.15) is 4.98 Å². The van der Waals surface area contributed by atoms with Crippen molar-refractivity contribution in [2.45, 2.75) is 57.5 Å². The number of anilines is 4. The summed E-state index contributed by atoms with van der Waals surface area (Å²) >= 11 is 0. The van der Waals surface area contributed by atoms with Crippen LogP contribution in [0, 0.1) is 0 Å². The van der Waals surface area contributed by atoms with E-state index in [2.05, 4.69) is 37.6 Å². The van der Waals surface area contributed by atoms with Crippen molar-refractivity contribution < 1.29 is 9.59 Å². The van der Waals surface area contributed by atoms with E-state index in [4.69, 9.17) is 4.98 Å². The largest absolute Gasteiger partial charge is 0.349 e. The highest BCUT2D eigenvalue weighted by atomic mass is 16.2. The lowest BCUT2D eigenvalue weighted by Crippen LogP contribution is -2.59. The summed E-state index contributed by atoms with van der Waals surface area (Å²) in [6.45, 7) is 4.53. The standard InChI is InChI=1S/C25H35N9O2/c1-4-33-25(36)32(3)20-16-27-24(30-22(20)34(33)19-7-5-6-8-19)29-21-10-9-17(15-26-21)23(35)28-18-11-13-31(2)14-12-18/h9-10,15-16,18-19H,4-8,11-14H2,1-3H3,(H,28,35)(H,26,27,29,30). The van der Waals surface area contributed by atoms with Gasteiger partial charge in [-0.1, -0.05) is 12.8 Å². The zero-order chi connectivity index (χ0) is 25.2. The zero-order valence-electron chi connectivity index (χ0n) is 21.3. The number of piperidine rings is 1. The van der Waals surface area contributed by atoms with Gasteiger partial charge in [0.1, 0.15) is 11.5 Å². The molecule has 11 heteroatoms. The first kappa shape index (κ1) is 24.2. The number of nitrogens with one attached hydrogen (secondary N) is 2. The number of pyridine rings is 1. The van der Waals surface area contributed by atoms with Gasteiger partial charge in [-0.05, 0) is 64.9 Å². The average Bonchev–Trinajstić information content (AvgIpc) is 3.42. The highest BCUT2D eigenvalue weighted by Crippen LogP contribution is 2.38. The Morgan fingerprint density at radius 2 is 1.81 bits per heavy atom. The number of urea groups is 1. The molecule has 4 heterocycles. The molecular formula is C25H35N9O2. The van der Waals surface area contributed by atoms with Crippen molar-refractivity contribution >= 4 is 35.2 Å². The fourth-order valence-corrected chi connectivity index (χ4v) is 5.26. The number of fused-ring (bicyclic) bond motifs is 1. The number of nitrogens with zero attached hydrogens (tertiary/aromatic N) is 7. The van der Waals surface area contributed by atoms with Crippen LogP contribution in [0.25, 0.3) is 0 Å². The van der Waals surface area contributed by atoms with Crippen LogP contribution >= 0.6 is 0 Å². The van der Waals surface area contributed by atoms with Crippen LogP contribution in [0.3, 0.4) is 0 Å². The number of amides is 3. The number of hydrogen-bond donors (Lipinski definition) is 2. The Balaban J connectivity index is 1.31. The van der Waals surface area contributed by atoms with Crippen LogP contribution in [0.15, 0.2) is 24.5 Å². The number of hydrazine groups is 1. The monoisotopic (exact) mass is 493 g/mol. The zero-order valence-corrected chi connectivity index (χ0v) is 21.3. The molecule has 36 heavy (non-hydrogen) atoms. The number of hydrogen-bond acceptors (Lipinski definition) is 8. The third kappa shape index (κ3) is 4.79. The number of aromatic nitrogens is 3. The molecule has 0 atom stereocenters. The van der Waals surface area contributed by atoms with Crippen molar-refractivity contribution in [3.8, 4) is 0 Å². The second kappa shape index (κ2) is 10.3. The maximum absolute atomic E-state index is 13.0. The van der Waals surface area contributed by atoms with Crippen molar-refractivity contribution in [2.75, 3.05) is 49.0 Å². The van der Waals surface area contributed by atoms with Gasteiger partial charge >= 0.3 is 6.03 Å². The number of likely N-dealkylation sites (tertiary alicyclic amines) is 1. The molecule has 0 spiro atoms. The molecule has 2 fully saturated rings. The predicted molar refractivity (Wildman–Crippen MR) is 138 cm³/mol. The summed E-state index contributed by atoms with van der Waals surface area (Å²) in [6, 6.07) is 3.89. The van der Waals surface area contributed by atoms with Crippen LogP contribution in [-0.2, 0) is 0 Å². The normalized spacial score (nSPS) is 19.5. The van der Waals surface area contributed by atoms with Gasteiger partial charge in [0.2, 0.25) is 5.95 Å². The second-order valence-electron chi connectivity index (χ2n) is 9.85. The minimum Gasteiger partial charge on any atom is -0.349 e. The van der Waals surface area contributed by atoms with Gasteiger partial charge in [-0.3, -0.25) is 14.7 Å². The Bertz CT molecular complexity index is 1100. The molecule has 2 aromatic heterocycles. The van der Waals surface area contributed by atoms with Gasteiger partial charge in [-0.15, -0.1) is 0 Å². The van der Waals surface area contributed by atoms with Crippen molar-refractivity contribution in [3.05, 3.63) is 30.1 Å². The van der Waals surface area contributed by atoms with E-state index in [1.807, 2.05) is 6.92 Å². The Morgan fingerprint density at radius 1 is 1.06 bits per heavy atom. The fraction of sp³-hybridized carbons (Fsp3) is 0.560. The van der Waals surface area contributed by atoms with Crippen molar-refractivity contribution in [3.63, 3.8) is 0 Å². The van der Waals surface area contributed by atoms with E-state index in [-0.39, 0.29) is 24.0 Å². The SMILES string of the molecule is CCN1C(=O)N(C)c2cnc(Nc3ccc(C(=O)NC4CCN(C)CC4)cn3)nc2N1C1CCCC1. The maximum Gasteiger partial charge on any atom is 0.343 e. The molecule has 1 aliphatic carbocycles. The third-order valence-corrected chi connectivity index (χ3v) is 7.39. The summed E-state index contributed by atoms with van der Waals surface area (Å²) in [5, 5.41) is 10.1. The Kier molecular flexibility index (Phi) is 6.90. The maximum atomic E-state index is 13.0. The predicted octanol–water partition coefficient (Wildman–Crippen LogP) is 2.99. The molecule has 1 saturated heterocycles. The Morgan fingerprint density at radius 3 is 2.47 bits per heavy atom. The van der Waals surface area contributed by atoms with Gasteiger partial charge in [0.25, 0.3) is 5.91 Å².